The summed E-state index contributed by atoms with van der Waals surface area (Å²) in [6, 6.07) is 0.367. The molecule has 1 aliphatic heterocycles. The second-order valence-corrected chi connectivity index (χ2v) is 6.58. The Balaban J connectivity index is 1.55. The van der Waals surface area contributed by atoms with Crippen LogP contribution in [0, 0.1) is 5.92 Å². The Labute approximate surface area is 120 Å². The van der Waals surface area contributed by atoms with Gasteiger partial charge in [0.05, 0.1) is 5.92 Å². The fourth-order valence-electron chi connectivity index (χ4n) is 3.56. The Bertz CT molecular complexity index is 370. The standard InChI is InChI=1S/C16H25NO3/c18-15-10-12(16(19)20-14-8-5-9-14)11-17(15)13-6-3-1-2-4-7-13/h12-14H,1-11H2/t12-/m1/s1. The van der Waals surface area contributed by atoms with Crippen LogP contribution < -0.4 is 0 Å². The Morgan fingerprint density at radius 3 is 2.30 bits per heavy atom. The topological polar surface area (TPSA) is 46.6 Å². The van der Waals surface area contributed by atoms with Crippen molar-refractivity contribution >= 4 is 11.9 Å². The Morgan fingerprint density at radius 1 is 1.00 bits per heavy atom. The molecule has 0 N–H and O–H groups in total. The van der Waals surface area contributed by atoms with Crippen LogP contribution in [0.4, 0.5) is 0 Å². The maximum atomic E-state index is 12.2. The first kappa shape index (κ1) is 13.9. The smallest absolute Gasteiger partial charge is 0.311 e. The van der Waals surface area contributed by atoms with E-state index in [0.717, 1.165) is 32.1 Å². The molecule has 0 spiro atoms. The largest absolute Gasteiger partial charge is 0.462 e. The van der Waals surface area contributed by atoms with Crippen molar-refractivity contribution in [1.82, 2.24) is 4.90 Å². The van der Waals surface area contributed by atoms with Gasteiger partial charge in [0.2, 0.25) is 5.91 Å². The number of ether oxygens (including phenoxy) is 1. The first-order chi connectivity index (χ1) is 9.74. The maximum Gasteiger partial charge on any atom is 0.311 e. The molecule has 4 nitrogen and oxygen atoms in total. The van der Waals surface area contributed by atoms with Crippen molar-refractivity contribution in [2.45, 2.75) is 76.4 Å². The van der Waals surface area contributed by atoms with Crippen molar-refractivity contribution in [3.05, 3.63) is 0 Å². The monoisotopic (exact) mass is 279 g/mol. The van der Waals surface area contributed by atoms with Gasteiger partial charge in [0, 0.05) is 19.0 Å². The van der Waals surface area contributed by atoms with E-state index in [1.54, 1.807) is 0 Å². The van der Waals surface area contributed by atoms with Gasteiger partial charge < -0.3 is 9.64 Å². The lowest BCUT2D eigenvalue weighted by atomic mass is 9.96. The molecule has 3 fully saturated rings. The maximum absolute atomic E-state index is 12.2. The number of esters is 1. The molecule has 2 saturated carbocycles. The highest BCUT2D eigenvalue weighted by atomic mass is 16.5. The van der Waals surface area contributed by atoms with E-state index in [0.29, 0.717) is 19.0 Å². The Morgan fingerprint density at radius 2 is 1.70 bits per heavy atom. The molecule has 0 aromatic rings. The number of carbonyl (C=O) groups excluding carboxylic acids is 2. The van der Waals surface area contributed by atoms with E-state index < -0.39 is 0 Å². The van der Waals surface area contributed by atoms with Crippen LogP contribution in [0.2, 0.25) is 0 Å². The summed E-state index contributed by atoms with van der Waals surface area (Å²) in [6.07, 6.45) is 10.9. The van der Waals surface area contributed by atoms with Gasteiger partial charge in [0.15, 0.2) is 0 Å². The number of carbonyl (C=O) groups is 2. The van der Waals surface area contributed by atoms with E-state index >= 15 is 0 Å². The molecule has 1 atom stereocenters. The SMILES string of the molecule is O=C(OC1CCC1)[C@@H]1CC(=O)N(C2CCCCCC2)C1. The van der Waals surface area contributed by atoms with Crippen molar-refractivity contribution in [2.24, 2.45) is 5.92 Å². The summed E-state index contributed by atoms with van der Waals surface area (Å²) in [4.78, 5) is 26.2. The molecule has 3 aliphatic rings. The number of rotatable bonds is 3. The zero-order valence-corrected chi connectivity index (χ0v) is 12.2. The molecule has 20 heavy (non-hydrogen) atoms. The molecule has 2 aliphatic carbocycles. The van der Waals surface area contributed by atoms with Gasteiger partial charge in [-0.3, -0.25) is 9.59 Å². The van der Waals surface area contributed by atoms with Crippen LogP contribution in [0.15, 0.2) is 0 Å². The van der Waals surface area contributed by atoms with Crippen LogP contribution in [0.5, 0.6) is 0 Å². The second kappa shape index (κ2) is 6.15. The molecule has 1 heterocycles. The lowest BCUT2D eigenvalue weighted by Crippen LogP contribution is -2.37. The van der Waals surface area contributed by atoms with Crippen LogP contribution in [-0.4, -0.2) is 35.5 Å². The minimum atomic E-state index is -0.216. The highest BCUT2D eigenvalue weighted by molar-refractivity contribution is 5.87. The Hall–Kier alpha value is -1.06. The van der Waals surface area contributed by atoms with Crippen LogP contribution >= 0.6 is 0 Å². The molecule has 0 bridgehead atoms. The third kappa shape index (κ3) is 2.99. The molecule has 4 heteroatoms. The lowest BCUT2D eigenvalue weighted by molar-refractivity contribution is -0.157. The minimum absolute atomic E-state index is 0.129. The molecular weight excluding hydrogens is 254 g/mol. The van der Waals surface area contributed by atoms with Gasteiger partial charge in [-0.1, -0.05) is 25.7 Å². The van der Waals surface area contributed by atoms with E-state index in [9.17, 15) is 9.59 Å². The number of hydrogen-bond donors (Lipinski definition) is 0. The van der Waals surface area contributed by atoms with Gasteiger partial charge in [-0.2, -0.15) is 0 Å². The van der Waals surface area contributed by atoms with Gasteiger partial charge in [0.1, 0.15) is 6.10 Å². The van der Waals surface area contributed by atoms with Crippen molar-refractivity contribution in [3.63, 3.8) is 0 Å². The average Bonchev–Trinajstić information content (AvgIpc) is 2.63. The summed E-state index contributed by atoms with van der Waals surface area (Å²) in [7, 11) is 0. The van der Waals surface area contributed by atoms with Crippen LogP contribution in [0.25, 0.3) is 0 Å². The summed E-state index contributed by atoms with van der Waals surface area (Å²) in [5.41, 5.74) is 0. The summed E-state index contributed by atoms with van der Waals surface area (Å²) >= 11 is 0. The lowest BCUT2D eigenvalue weighted by Gasteiger charge is -2.28. The summed E-state index contributed by atoms with van der Waals surface area (Å²) in [5.74, 6) is -0.196. The molecule has 1 amide bonds. The molecule has 0 unspecified atom stereocenters. The number of likely N-dealkylation sites (tertiary alicyclic amines) is 1. The summed E-state index contributed by atoms with van der Waals surface area (Å²) in [5, 5.41) is 0. The zero-order valence-electron chi connectivity index (χ0n) is 12.2. The summed E-state index contributed by atoms with van der Waals surface area (Å²) in [6.45, 7) is 0.592. The van der Waals surface area contributed by atoms with Crippen LogP contribution in [-0.2, 0) is 14.3 Å². The molecule has 0 aromatic heterocycles. The van der Waals surface area contributed by atoms with Crippen molar-refractivity contribution in [3.8, 4) is 0 Å². The van der Waals surface area contributed by atoms with E-state index in [2.05, 4.69) is 0 Å². The molecule has 0 radical (unpaired) electrons. The third-order valence-corrected chi connectivity index (χ3v) is 5.09. The van der Waals surface area contributed by atoms with Gasteiger partial charge >= 0.3 is 5.97 Å². The second-order valence-electron chi connectivity index (χ2n) is 6.58. The van der Waals surface area contributed by atoms with Crippen LogP contribution in [0.1, 0.15) is 64.2 Å². The highest BCUT2D eigenvalue weighted by Gasteiger charge is 2.39. The zero-order chi connectivity index (χ0) is 13.9. The molecule has 112 valence electrons. The third-order valence-electron chi connectivity index (χ3n) is 5.09. The van der Waals surface area contributed by atoms with E-state index in [4.69, 9.17) is 4.74 Å². The van der Waals surface area contributed by atoms with Crippen molar-refractivity contribution < 1.29 is 14.3 Å². The normalized spacial score (nSPS) is 29.1. The molecular formula is C16H25NO3. The van der Waals surface area contributed by atoms with Gasteiger partial charge in [0.25, 0.3) is 0 Å². The van der Waals surface area contributed by atoms with E-state index in [1.165, 1.54) is 25.7 Å². The first-order valence-corrected chi connectivity index (χ1v) is 8.24. The minimum Gasteiger partial charge on any atom is -0.462 e. The predicted molar refractivity (Wildman–Crippen MR) is 75.0 cm³/mol. The fraction of sp³-hybridized carbons (Fsp3) is 0.875. The van der Waals surface area contributed by atoms with Crippen molar-refractivity contribution in [1.29, 1.82) is 0 Å². The highest BCUT2D eigenvalue weighted by Crippen LogP contribution is 2.30. The molecule has 3 rings (SSSR count). The predicted octanol–water partition coefficient (Wildman–Crippen LogP) is 2.65. The quantitative estimate of drug-likeness (QED) is 0.589. The number of nitrogens with zero attached hydrogens (tertiary/aromatic N) is 1. The van der Waals surface area contributed by atoms with Gasteiger partial charge in [-0.25, -0.2) is 0 Å². The molecule has 1 saturated heterocycles. The fourth-order valence-corrected chi connectivity index (χ4v) is 3.56. The number of hydrogen-bond acceptors (Lipinski definition) is 3. The summed E-state index contributed by atoms with van der Waals surface area (Å²) < 4.78 is 5.46. The van der Waals surface area contributed by atoms with E-state index in [-0.39, 0.29) is 23.9 Å². The Kier molecular flexibility index (Phi) is 4.27. The van der Waals surface area contributed by atoms with Gasteiger partial charge in [-0.05, 0) is 32.1 Å². The van der Waals surface area contributed by atoms with Gasteiger partial charge in [-0.15, -0.1) is 0 Å². The number of amides is 1. The average molecular weight is 279 g/mol. The molecule has 0 aromatic carbocycles. The van der Waals surface area contributed by atoms with E-state index in [1.807, 2.05) is 4.90 Å². The van der Waals surface area contributed by atoms with Crippen molar-refractivity contribution in [2.75, 3.05) is 6.54 Å². The van der Waals surface area contributed by atoms with Crippen LogP contribution in [0.3, 0.4) is 0 Å². The first-order valence-electron chi connectivity index (χ1n) is 8.24.